The third-order valence-corrected chi connectivity index (χ3v) is 3.18. The average molecular weight is 214 g/mol. The van der Waals surface area contributed by atoms with Crippen LogP contribution < -0.4 is 0 Å². The van der Waals surface area contributed by atoms with Gasteiger partial charge in [0.25, 0.3) is 0 Å². The molecule has 0 aliphatic carbocycles. The van der Waals surface area contributed by atoms with Crippen molar-refractivity contribution in [1.29, 1.82) is 0 Å². The topological polar surface area (TPSA) is 29.5 Å². The molecule has 2 unspecified atom stereocenters. The third kappa shape index (κ3) is 4.52. The molecule has 0 radical (unpaired) electrons. The first-order chi connectivity index (χ1) is 6.70. The monoisotopic (exact) mass is 214 g/mol. The Morgan fingerprint density at radius 1 is 1.47 bits per heavy atom. The predicted octanol–water partition coefficient (Wildman–Crippen LogP) is 3.13. The highest BCUT2D eigenvalue weighted by Gasteiger charge is 2.35. The zero-order valence-electron chi connectivity index (χ0n) is 10.8. The molecule has 90 valence electrons. The van der Waals surface area contributed by atoms with E-state index in [1.807, 2.05) is 6.92 Å². The Kier molecular flexibility index (Phi) is 3.83. The van der Waals surface area contributed by atoms with Crippen LogP contribution in [-0.2, 0) is 4.74 Å². The van der Waals surface area contributed by atoms with Crippen LogP contribution in [0.2, 0.25) is 0 Å². The van der Waals surface area contributed by atoms with Crippen LogP contribution in [-0.4, -0.2) is 22.9 Å². The van der Waals surface area contributed by atoms with E-state index in [4.69, 9.17) is 4.74 Å². The molecule has 0 aromatic heterocycles. The molecule has 1 saturated heterocycles. The van der Waals surface area contributed by atoms with E-state index in [-0.39, 0.29) is 17.1 Å². The standard InChI is InChI=1S/C13H26O2/c1-10(14)8-12(2,3)9-11-6-7-13(4,5)15-11/h10-11,14H,6-9H2,1-5H3. The van der Waals surface area contributed by atoms with Crippen molar-refractivity contribution < 1.29 is 9.84 Å². The zero-order chi connectivity index (χ0) is 11.7. The molecule has 0 aromatic rings. The van der Waals surface area contributed by atoms with Crippen molar-refractivity contribution in [1.82, 2.24) is 0 Å². The molecule has 1 aliphatic rings. The van der Waals surface area contributed by atoms with Gasteiger partial charge >= 0.3 is 0 Å². The molecule has 1 heterocycles. The molecule has 0 bridgehead atoms. The highest BCUT2D eigenvalue weighted by atomic mass is 16.5. The van der Waals surface area contributed by atoms with Crippen molar-refractivity contribution in [2.24, 2.45) is 5.41 Å². The summed E-state index contributed by atoms with van der Waals surface area (Å²) in [6.45, 7) is 10.6. The van der Waals surface area contributed by atoms with Gasteiger partial charge in [-0.05, 0) is 51.9 Å². The number of aliphatic hydroxyl groups is 1. The van der Waals surface area contributed by atoms with Crippen LogP contribution in [0.25, 0.3) is 0 Å². The highest BCUT2D eigenvalue weighted by Crippen LogP contribution is 2.37. The van der Waals surface area contributed by atoms with Gasteiger partial charge in [-0.25, -0.2) is 0 Å². The summed E-state index contributed by atoms with van der Waals surface area (Å²) in [5.41, 5.74) is 0.241. The van der Waals surface area contributed by atoms with Gasteiger partial charge in [0.05, 0.1) is 17.8 Å². The summed E-state index contributed by atoms with van der Waals surface area (Å²) in [7, 11) is 0. The molecule has 15 heavy (non-hydrogen) atoms. The molecule has 1 rings (SSSR count). The summed E-state index contributed by atoms with van der Waals surface area (Å²) in [6, 6.07) is 0. The van der Waals surface area contributed by atoms with Gasteiger partial charge < -0.3 is 9.84 Å². The second-order valence-corrected chi connectivity index (χ2v) is 6.46. The Bertz CT molecular complexity index is 207. The number of hydrogen-bond acceptors (Lipinski definition) is 2. The van der Waals surface area contributed by atoms with Crippen LogP contribution in [0.3, 0.4) is 0 Å². The van der Waals surface area contributed by atoms with Gasteiger partial charge in [-0.1, -0.05) is 13.8 Å². The summed E-state index contributed by atoms with van der Waals surface area (Å²) in [5.74, 6) is 0. The molecule has 2 heteroatoms. The minimum absolute atomic E-state index is 0.0611. The summed E-state index contributed by atoms with van der Waals surface area (Å²) in [6.07, 6.45) is 4.40. The van der Waals surface area contributed by atoms with Crippen LogP contribution in [0, 0.1) is 5.41 Å². The van der Waals surface area contributed by atoms with E-state index < -0.39 is 0 Å². The van der Waals surface area contributed by atoms with Crippen LogP contribution >= 0.6 is 0 Å². The van der Waals surface area contributed by atoms with Crippen LogP contribution in [0.5, 0.6) is 0 Å². The quantitative estimate of drug-likeness (QED) is 0.779. The van der Waals surface area contributed by atoms with E-state index in [1.54, 1.807) is 0 Å². The minimum Gasteiger partial charge on any atom is -0.393 e. The van der Waals surface area contributed by atoms with Gasteiger partial charge in [-0.15, -0.1) is 0 Å². The van der Waals surface area contributed by atoms with Gasteiger partial charge in [0.15, 0.2) is 0 Å². The van der Waals surface area contributed by atoms with Crippen molar-refractivity contribution >= 4 is 0 Å². The Labute approximate surface area is 94.0 Å². The first-order valence-electron chi connectivity index (χ1n) is 6.06. The maximum Gasteiger partial charge on any atom is 0.0631 e. The maximum absolute atomic E-state index is 9.42. The molecule has 2 nitrogen and oxygen atoms in total. The zero-order valence-corrected chi connectivity index (χ0v) is 10.8. The van der Waals surface area contributed by atoms with Gasteiger partial charge in [0.2, 0.25) is 0 Å². The largest absolute Gasteiger partial charge is 0.393 e. The second kappa shape index (κ2) is 4.42. The van der Waals surface area contributed by atoms with Crippen molar-refractivity contribution in [3.63, 3.8) is 0 Å². The van der Waals surface area contributed by atoms with E-state index in [2.05, 4.69) is 27.7 Å². The molecular weight excluding hydrogens is 188 g/mol. The van der Waals surface area contributed by atoms with E-state index in [9.17, 15) is 5.11 Å². The van der Waals surface area contributed by atoms with Crippen LogP contribution in [0.4, 0.5) is 0 Å². The smallest absolute Gasteiger partial charge is 0.0631 e. The fourth-order valence-electron chi connectivity index (χ4n) is 2.72. The lowest BCUT2D eigenvalue weighted by molar-refractivity contribution is -0.0363. The molecular formula is C13H26O2. The van der Waals surface area contributed by atoms with E-state index in [1.165, 1.54) is 0 Å². The lowest BCUT2D eigenvalue weighted by Crippen LogP contribution is -2.26. The van der Waals surface area contributed by atoms with Crippen molar-refractivity contribution in [2.75, 3.05) is 0 Å². The van der Waals surface area contributed by atoms with Crippen LogP contribution in [0.1, 0.15) is 60.3 Å². The predicted molar refractivity (Wildman–Crippen MR) is 62.9 cm³/mol. The minimum atomic E-state index is -0.214. The Hall–Kier alpha value is -0.0800. The van der Waals surface area contributed by atoms with Crippen LogP contribution in [0.15, 0.2) is 0 Å². The lowest BCUT2D eigenvalue weighted by Gasteiger charge is -2.30. The van der Waals surface area contributed by atoms with Gasteiger partial charge in [0, 0.05) is 0 Å². The molecule has 1 aliphatic heterocycles. The SMILES string of the molecule is CC(O)CC(C)(C)CC1CCC(C)(C)O1. The number of aliphatic hydroxyl groups excluding tert-OH is 1. The summed E-state index contributed by atoms with van der Waals surface area (Å²) in [4.78, 5) is 0. The molecule has 1 fully saturated rings. The lowest BCUT2D eigenvalue weighted by atomic mass is 9.81. The fraction of sp³-hybridized carbons (Fsp3) is 1.00. The normalized spacial score (nSPS) is 28.0. The number of rotatable bonds is 4. The first kappa shape index (κ1) is 13.0. The second-order valence-electron chi connectivity index (χ2n) is 6.46. The van der Waals surface area contributed by atoms with E-state index in [0.29, 0.717) is 6.10 Å². The summed E-state index contributed by atoms with van der Waals surface area (Å²) < 4.78 is 5.98. The summed E-state index contributed by atoms with van der Waals surface area (Å²) in [5, 5.41) is 9.42. The Morgan fingerprint density at radius 3 is 2.47 bits per heavy atom. The summed E-state index contributed by atoms with van der Waals surface area (Å²) >= 11 is 0. The molecule has 0 spiro atoms. The van der Waals surface area contributed by atoms with Gasteiger partial charge in [0.1, 0.15) is 0 Å². The average Bonchev–Trinajstić information content (AvgIpc) is 2.25. The van der Waals surface area contributed by atoms with Gasteiger partial charge in [-0.2, -0.15) is 0 Å². The molecule has 0 saturated carbocycles. The van der Waals surface area contributed by atoms with Crippen molar-refractivity contribution in [3.8, 4) is 0 Å². The Balaban J connectivity index is 2.41. The number of hydrogen-bond donors (Lipinski definition) is 1. The molecule has 1 N–H and O–H groups in total. The Morgan fingerprint density at radius 2 is 2.07 bits per heavy atom. The number of ether oxygens (including phenoxy) is 1. The van der Waals surface area contributed by atoms with E-state index >= 15 is 0 Å². The highest BCUT2D eigenvalue weighted by molar-refractivity contribution is 4.85. The van der Waals surface area contributed by atoms with Crippen molar-refractivity contribution in [3.05, 3.63) is 0 Å². The first-order valence-corrected chi connectivity index (χ1v) is 6.06. The third-order valence-electron chi connectivity index (χ3n) is 3.18. The molecule has 0 amide bonds. The van der Waals surface area contributed by atoms with E-state index in [0.717, 1.165) is 25.7 Å². The fourth-order valence-corrected chi connectivity index (χ4v) is 2.72. The van der Waals surface area contributed by atoms with Crippen molar-refractivity contribution in [2.45, 2.75) is 78.1 Å². The molecule has 2 atom stereocenters. The maximum atomic E-state index is 9.42. The molecule has 0 aromatic carbocycles. The van der Waals surface area contributed by atoms with Gasteiger partial charge in [-0.3, -0.25) is 0 Å².